The van der Waals surface area contributed by atoms with Crippen molar-refractivity contribution in [3.8, 4) is 5.75 Å². The van der Waals surface area contributed by atoms with Crippen LogP contribution in [0.15, 0.2) is 53.0 Å². The quantitative estimate of drug-likeness (QED) is 0.803. The molecule has 0 aromatic heterocycles. The number of hydrogen-bond acceptors (Lipinski definition) is 3. The van der Waals surface area contributed by atoms with Crippen molar-refractivity contribution in [3.05, 3.63) is 58.6 Å². The predicted molar refractivity (Wildman–Crippen MR) is 99.6 cm³/mol. The standard InChI is InChI=1S/C19H21BrN2O2/c1-15-5-2-3-8-18(15)21-9-11-22(12-10-21)19(23)14-24-17-7-4-6-16(20)13-17/h2-8,13H,9-12,14H2,1H3. The average molecular weight is 389 g/mol. The molecule has 24 heavy (non-hydrogen) atoms. The van der Waals surface area contributed by atoms with E-state index in [2.05, 4.69) is 52.0 Å². The van der Waals surface area contributed by atoms with Crippen LogP contribution in [0.5, 0.6) is 5.75 Å². The molecule has 2 aromatic carbocycles. The van der Waals surface area contributed by atoms with E-state index in [0.717, 1.165) is 30.7 Å². The smallest absolute Gasteiger partial charge is 0.260 e. The van der Waals surface area contributed by atoms with Crippen LogP contribution in [0.1, 0.15) is 5.56 Å². The van der Waals surface area contributed by atoms with Gasteiger partial charge in [-0.1, -0.05) is 40.2 Å². The summed E-state index contributed by atoms with van der Waals surface area (Å²) in [7, 11) is 0. The number of anilines is 1. The number of para-hydroxylation sites is 1. The number of carbonyl (C=O) groups excluding carboxylic acids is 1. The van der Waals surface area contributed by atoms with Gasteiger partial charge in [0.1, 0.15) is 5.75 Å². The summed E-state index contributed by atoms with van der Waals surface area (Å²) in [6.07, 6.45) is 0. The van der Waals surface area contributed by atoms with Gasteiger partial charge in [0.15, 0.2) is 6.61 Å². The Morgan fingerprint density at radius 2 is 1.83 bits per heavy atom. The van der Waals surface area contributed by atoms with Gasteiger partial charge in [0.25, 0.3) is 5.91 Å². The van der Waals surface area contributed by atoms with Crippen LogP contribution in [0, 0.1) is 6.92 Å². The summed E-state index contributed by atoms with van der Waals surface area (Å²) in [4.78, 5) is 16.6. The van der Waals surface area contributed by atoms with Gasteiger partial charge < -0.3 is 14.5 Å². The number of piperazine rings is 1. The number of nitrogens with zero attached hydrogens (tertiary/aromatic N) is 2. The van der Waals surface area contributed by atoms with Gasteiger partial charge in [-0.3, -0.25) is 4.79 Å². The van der Waals surface area contributed by atoms with Crippen LogP contribution in [-0.2, 0) is 4.79 Å². The van der Waals surface area contributed by atoms with Crippen molar-refractivity contribution in [2.24, 2.45) is 0 Å². The summed E-state index contributed by atoms with van der Waals surface area (Å²) in [5.74, 6) is 0.746. The number of halogens is 1. The first kappa shape index (κ1) is 16.8. The van der Waals surface area contributed by atoms with Crippen molar-refractivity contribution < 1.29 is 9.53 Å². The lowest BCUT2D eigenvalue weighted by Crippen LogP contribution is -2.50. The molecule has 0 radical (unpaired) electrons. The molecule has 2 aromatic rings. The molecule has 5 heteroatoms. The molecule has 126 valence electrons. The molecule has 1 saturated heterocycles. The predicted octanol–water partition coefficient (Wildman–Crippen LogP) is 3.49. The zero-order valence-electron chi connectivity index (χ0n) is 13.7. The molecule has 0 aliphatic carbocycles. The molecule has 0 N–H and O–H groups in total. The van der Waals surface area contributed by atoms with Crippen LogP contribution >= 0.6 is 15.9 Å². The third-order valence-electron chi connectivity index (χ3n) is 4.25. The van der Waals surface area contributed by atoms with E-state index in [0.29, 0.717) is 5.75 Å². The molecule has 3 rings (SSSR count). The van der Waals surface area contributed by atoms with Crippen LogP contribution in [0.4, 0.5) is 5.69 Å². The van der Waals surface area contributed by atoms with Gasteiger partial charge in [-0.2, -0.15) is 0 Å². The highest BCUT2D eigenvalue weighted by atomic mass is 79.9. The normalized spacial score (nSPS) is 14.6. The maximum atomic E-state index is 12.3. The first-order chi connectivity index (χ1) is 11.6. The second-order valence-electron chi connectivity index (χ2n) is 5.90. The molecule has 1 heterocycles. The summed E-state index contributed by atoms with van der Waals surface area (Å²) in [6.45, 7) is 5.38. The third-order valence-corrected chi connectivity index (χ3v) is 4.74. The van der Waals surface area contributed by atoms with Crippen molar-refractivity contribution >= 4 is 27.5 Å². The van der Waals surface area contributed by atoms with E-state index in [1.165, 1.54) is 11.3 Å². The first-order valence-electron chi connectivity index (χ1n) is 8.10. The number of aryl methyl sites for hydroxylation is 1. The van der Waals surface area contributed by atoms with Crippen LogP contribution in [-0.4, -0.2) is 43.6 Å². The SMILES string of the molecule is Cc1ccccc1N1CCN(C(=O)COc2cccc(Br)c2)CC1. The molecule has 1 amide bonds. The fourth-order valence-corrected chi connectivity index (χ4v) is 3.29. The monoisotopic (exact) mass is 388 g/mol. The Morgan fingerprint density at radius 3 is 2.54 bits per heavy atom. The van der Waals surface area contributed by atoms with E-state index in [1.807, 2.05) is 29.2 Å². The summed E-state index contributed by atoms with van der Waals surface area (Å²) in [6, 6.07) is 15.9. The Morgan fingerprint density at radius 1 is 1.08 bits per heavy atom. The number of amides is 1. The maximum absolute atomic E-state index is 12.3. The summed E-state index contributed by atoms with van der Waals surface area (Å²) in [5, 5.41) is 0. The first-order valence-corrected chi connectivity index (χ1v) is 8.89. The lowest BCUT2D eigenvalue weighted by Gasteiger charge is -2.36. The van der Waals surface area contributed by atoms with Crippen LogP contribution < -0.4 is 9.64 Å². The highest BCUT2D eigenvalue weighted by Gasteiger charge is 2.22. The molecule has 4 nitrogen and oxygen atoms in total. The molecule has 1 aliphatic heterocycles. The van der Waals surface area contributed by atoms with E-state index in [-0.39, 0.29) is 12.5 Å². The molecule has 1 fully saturated rings. The molecule has 0 unspecified atom stereocenters. The van der Waals surface area contributed by atoms with Crippen molar-refractivity contribution in [2.45, 2.75) is 6.92 Å². The zero-order chi connectivity index (χ0) is 16.9. The number of rotatable bonds is 4. The third kappa shape index (κ3) is 4.09. The minimum absolute atomic E-state index is 0.0411. The molecule has 0 bridgehead atoms. The Labute approximate surface area is 151 Å². The number of hydrogen-bond donors (Lipinski definition) is 0. The highest BCUT2D eigenvalue weighted by Crippen LogP contribution is 2.21. The molecule has 1 aliphatic rings. The Hall–Kier alpha value is -2.01. The Kier molecular flexibility index (Phi) is 5.41. The number of carbonyl (C=O) groups is 1. The maximum Gasteiger partial charge on any atom is 0.260 e. The van der Waals surface area contributed by atoms with Gasteiger partial charge in [0, 0.05) is 36.3 Å². The fraction of sp³-hybridized carbons (Fsp3) is 0.316. The van der Waals surface area contributed by atoms with E-state index in [1.54, 1.807) is 0 Å². The molecular formula is C19H21BrN2O2. The lowest BCUT2D eigenvalue weighted by atomic mass is 10.1. The van der Waals surface area contributed by atoms with Gasteiger partial charge in [0.2, 0.25) is 0 Å². The van der Waals surface area contributed by atoms with E-state index >= 15 is 0 Å². The second kappa shape index (κ2) is 7.71. The van der Waals surface area contributed by atoms with Crippen molar-refractivity contribution in [1.29, 1.82) is 0 Å². The number of ether oxygens (including phenoxy) is 1. The van der Waals surface area contributed by atoms with Crippen molar-refractivity contribution in [2.75, 3.05) is 37.7 Å². The topological polar surface area (TPSA) is 32.8 Å². The minimum atomic E-state index is 0.0411. The van der Waals surface area contributed by atoms with Crippen LogP contribution in [0.3, 0.4) is 0 Å². The van der Waals surface area contributed by atoms with Gasteiger partial charge in [-0.15, -0.1) is 0 Å². The summed E-state index contributed by atoms with van der Waals surface area (Å²) >= 11 is 3.40. The fourth-order valence-electron chi connectivity index (χ4n) is 2.91. The lowest BCUT2D eigenvalue weighted by molar-refractivity contribution is -0.133. The largest absolute Gasteiger partial charge is 0.484 e. The van der Waals surface area contributed by atoms with E-state index < -0.39 is 0 Å². The average Bonchev–Trinajstić information content (AvgIpc) is 2.60. The molecular weight excluding hydrogens is 368 g/mol. The van der Waals surface area contributed by atoms with Crippen molar-refractivity contribution in [1.82, 2.24) is 4.90 Å². The highest BCUT2D eigenvalue weighted by molar-refractivity contribution is 9.10. The minimum Gasteiger partial charge on any atom is -0.484 e. The number of benzene rings is 2. The van der Waals surface area contributed by atoms with Crippen LogP contribution in [0.25, 0.3) is 0 Å². The second-order valence-corrected chi connectivity index (χ2v) is 6.82. The Balaban J connectivity index is 1.51. The van der Waals surface area contributed by atoms with Crippen molar-refractivity contribution in [3.63, 3.8) is 0 Å². The molecule has 0 spiro atoms. The van der Waals surface area contributed by atoms with E-state index in [9.17, 15) is 4.79 Å². The molecule has 0 atom stereocenters. The molecule has 0 saturated carbocycles. The van der Waals surface area contributed by atoms with Gasteiger partial charge >= 0.3 is 0 Å². The zero-order valence-corrected chi connectivity index (χ0v) is 15.3. The van der Waals surface area contributed by atoms with Crippen LogP contribution in [0.2, 0.25) is 0 Å². The Bertz CT molecular complexity index is 712. The summed E-state index contributed by atoms with van der Waals surface area (Å²) in [5.41, 5.74) is 2.53. The summed E-state index contributed by atoms with van der Waals surface area (Å²) < 4.78 is 6.54. The van der Waals surface area contributed by atoms with Gasteiger partial charge in [-0.25, -0.2) is 0 Å². The van der Waals surface area contributed by atoms with E-state index in [4.69, 9.17) is 4.74 Å². The van der Waals surface area contributed by atoms with Gasteiger partial charge in [-0.05, 0) is 36.8 Å². The van der Waals surface area contributed by atoms with Gasteiger partial charge in [0.05, 0.1) is 0 Å².